The molecule has 1 saturated heterocycles. The molecule has 8 heteroatoms. The van der Waals surface area contributed by atoms with E-state index in [1.807, 2.05) is 43.7 Å². The summed E-state index contributed by atoms with van der Waals surface area (Å²) < 4.78 is 25.3. The second-order valence-electron chi connectivity index (χ2n) is 6.54. The minimum absolute atomic E-state index is 0.0629. The van der Waals surface area contributed by atoms with Gasteiger partial charge in [0.15, 0.2) is 9.84 Å². The molecule has 1 atom stereocenters. The number of aromatic nitrogens is 2. The number of sulfone groups is 1. The molecular formula is C17H24N4O3S. The van der Waals surface area contributed by atoms with Crippen molar-refractivity contribution in [3.63, 3.8) is 0 Å². The Balaban J connectivity index is 1.67. The molecule has 1 fully saturated rings. The second-order valence-corrected chi connectivity index (χ2v) is 8.77. The molecule has 136 valence electrons. The highest BCUT2D eigenvalue weighted by Crippen LogP contribution is 2.19. The van der Waals surface area contributed by atoms with Gasteiger partial charge in [0.25, 0.3) is 0 Å². The van der Waals surface area contributed by atoms with E-state index in [0.717, 1.165) is 22.4 Å². The lowest BCUT2D eigenvalue weighted by Crippen LogP contribution is -2.46. The van der Waals surface area contributed by atoms with Gasteiger partial charge >= 0.3 is 6.03 Å². The second kappa shape index (κ2) is 6.67. The Morgan fingerprint density at radius 1 is 1.44 bits per heavy atom. The van der Waals surface area contributed by atoms with Crippen molar-refractivity contribution in [1.82, 2.24) is 19.8 Å². The van der Waals surface area contributed by atoms with Crippen molar-refractivity contribution in [3.8, 4) is 0 Å². The van der Waals surface area contributed by atoms with E-state index in [0.29, 0.717) is 19.5 Å². The van der Waals surface area contributed by atoms with Crippen molar-refractivity contribution in [1.29, 1.82) is 0 Å². The van der Waals surface area contributed by atoms with E-state index >= 15 is 0 Å². The van der Waals surface area contributed by atoms with Gasteiger partial charge in [-0.25, -0.2) is 18.2 Å². The number of hydrogen-bond acceptors (Lipinski definition) is 4. The molecule has 1 N–H and O–H groups in total. The van der Waals surface area contributed by atoms with Crippen LogP contribution in [-0.4, -0.2) is 53.0 Å². The van der Waals surface area contributed by atoms with Crippen LogP contribution in [0.2, 0.25) is 0 Å². The predicted octanol–water partition coefficient (Wildman–Crippen LogP) is 1.60. The van der Waals surface area contributed by atoms with Crippen LogP contribution in [0.4, 0.5) is 4.79 Å². The molecule has 1 aliphatic heterocycles. The lowest BCUT2D eigenvalue weighted by molar-refractivity contribution is 0.183. The van der Waals surface area contributed by atoms with E-state index in [-0.39, 0.29) is 23.6 Å². The average Bonchev–Trinajstić information content (AvgIpc) is 3.05. The molecule has 0 saturated carbocycles. The topological polar surface area (TPSA) is 84.3 Å². The molecule has 25 heavy (non-hydrogen) atoms. The van der Waals surface area contributed by atoms with Crippen LogP contribution in [-0.2, 0) is 23.4 Å². The molecule has 1 aromatic carbocycles. The smallest absolute Gasteiger partial charge is 0.317 e. The Morgan fingerprint density at radius 3 is 2.84 bits per heavy atom. The van der Waals surface area contributed by atoms with Gasteiger partial charge in [0.05, 0.1) is 22.5 Å². The summed E-state index contributed by atoms with van der Waals surface area (Å²) in [6, 6.07) is 5.49. The molecule has 3 rings (SSSR count). The molecule has 2 heterocycles. The largest absolute Gasteiger partial charge is 0.334 e. The van der Waals surface area contributed by atoms with Crippen molar-refractivity contribution in [3.05, 3.63) is 29.6 Å². The van der Waals surface area contributed by atoms with Crippen LogP contribution < -0.4 is 5.32 Å². The Labute approximate surface area is 147 Å². The zero-order valence-electron chi connectivity index (χ0n) is 14.8. The van der Waals surface area contributed by atoms with E-state index in [2.05, 4.69) is 10.3 Å². The summed E-state index contributed by atoms with van der Waals surface area (Å²) in [5.41, 5.74) is 2.92. The number of urea groups is 1. The quantitative estimate of drug-likeness (QED) is 0.893. The van der Waals surface area contributed by atoms with E-state index in [1.165, 1.54) is 0 Å². The highest BCUT2D eigenvalue weighted by molar-refractivity contribution is 7.91. The van der Waals surface area contributed by atoms with Crippen LogP contribution in [0.1, 0.15) is 24.7 Å². The SMILES string of the molecule is CCN(C(=O)NCc1ccc2c(c1)nc(C)n2C)C1CCS(=O)(=O)C1. The van der Waals surface area contributed by atoms with Crippen LogP contribution in [0.3, 0.4) is 0 Å². The molecule has 1 aliphatic rings. The number of carbonyl (C=O) groups excluding carboxylic acids is 1. The van der Waals surface area contributed by atoms with E-state index < -0.39 is 9.84 Å². The van der Waals surface area contributed by atoms with Crippen LogP contribution in [0.25, 0.3) is 11.0 Å². The lowest BCUT2D eigenvalue weighted by Gasteiger charge is -2.27. The summed E-state index contributed by atoms with van der Waals surface area (Å²) in [7, 11) is -1.04. The fourth-order valence-corrected chi connectivity index (χ4v) is 5.07. The summed E-state index contributed by atoms with van der Waals surface area (Å²) in [6.45, 7) is 4.70. The molecule has 7 nitrogen and oxygen atoms in total. The number of carbonyl (C=O) groups is 1. The maximum absolute atomic E-state index is 12.5. The fraction of sp³-hybridized carbons (Fsp3) is 0.529. The van der Waals surface area contributed by atoms with Crippen LogP contribution in [0.15, 0.2) is 18.2 Å². The summed E-state index contributed by atoms with van der Waals surface area (Å²) >= 11 is 0. The molecule has 0 radical (unpaired) electrons. The molecule has 2 amide bonds. The molecule has 0 bridgehead atoms. The van der Waals surface area contributed by atoms with Gasteiger partial charge in [-0.15, -0.1) is 0 Å². The van der Waals surface area contributed by atoms with Gasteiger partial charge in [0, 0.05) is 26.2 Å². The van der Waals surface area contributed by atoms with Gasteiger partial charge in [0.2, 0.25) is 0 Å². The Hall–Kier alpha value is -2.09. The van der Waals surface area contributed by atoms with Crippen molar-refractivity contribution in [2.75, 3.05) is 18.1 Å². The van der Waals surface area contributed by atoms with E-state index in [4.69, 9.17) is 0 Å². The molecule has 0 aliphatic carbocycles. The number of rotatable bonds is 4. The normalized spacial score (nSPS) is 19.2. The van der Waals surface area contributed by atoms with Gasteiger partial charge < -0.3 is 14.8 Å². The van der Waals surface area contributed by atoms with E-state index in [9.17, 15) is 13.2 Å². The third-order valence-corrected chi connectivity index (χ3v) is 6.61. The van der Waals surface area contributed by atoms with Crippen molar-refractivity contribution < 1.29 is 13.2 Å². The standard InChI is InChI=1S/C17H24N4O3S/c1-4-21(14-7-8-25(23,24)11-14)17(22)18-10-13-5-6-16-15(9-13)19-12(2)20(16)3/h5-6,9,14H,4,7-8,10-11H2,1-3H3,(H,18,22). The number of aryl methyl sites for hydroxylation is 2. The first-order valence-electron chi connectivity index (χ1n) is 8.47. The first-order chi connectivity index (χ1) is 11.8. The molecule has 2 aromatic rings. The summed E-state index contributed by atoms with van der Waals surface area (Å²) in [5, 5.41) is 2.90. The Bertz CT molecular complexity index is 904. The Kier molecular flexibility index (Phi) is 4.73. The maximum Gasteiger partial charge on any atom is 0.317 e. The molecular weight excluding hydrogens is 340 g/mol. The maximum atomic E-state index is 12.5. The van der Waals surface area contributed by atoms with Crippen molar-refractivity contribution in [2.24, 2.45) is 7.05 Å². The number of imidazole rings is 1. The number of nitrogens with zero attached hydrogens (tertiary/aromatic N) is 3. The third kappa shape index (κ3) is 3.63. The van der Waals surface area contributed by atoms with Crippen molar-refractivity contribution >= 4 is 26.9 Å². The number of amides is 2. The third-order valence-electron chi connectivity index (χ3n) is 4.86. The zero-order chi connectivity index (χ0) is 18.2. The van der Waals surface area contributed by atoms with Gasteiger partial charge in [-0.2, -0.15) is 0 Å². The highest BCUT2D eigenvalue weighted by Gasteiger charge is 2.33. The number of nitrogens with one attached hydrogen (secondary N) is 1. The first kappa shape index (κ1) is 17.7. The van der Waals surface area contributed by atoms with Crippen LogP contribution in [0, 0.1) is 6.92 Å². The molecule has 1 aromatic heterocycles. The number of benzene rings is 1. The lowest BCUT2D eigenvalue weighted by atomic mass is 10.2. The van der Waals surface area contributed by atoms with Gasteiger partial charge in [-0.1, -0.05) is 6.07 Å². The summed E-state index contributed by atoms with van der Waals surface area (Å²) in [5.74, 6) is 1.17. The minimum atomic E-state index is -3.01. The van der Waals surface area contributed by atoms with Gasteiger partial charge in [-0.05, 0) is 38.0 Å². The summed E-state index contributed by atoms with van der Waals surface area (Å²) in [4.78, 5) is 18.6. The minimum Gasteiger partial charge on any atom is -0.334 e. The number of fused-ring (bicyclic) bond motifs is 1. The van der Waals surface area contributed by atoms with Crippen LogP contribution in [0.5, 0.6) is 0 Å². The number of hydrogen-bond donors (Lipinski definition) is 1. The van der Waals surface area contributed by atoms with E-state index in [1.54, 1.807) is 4.90 Å². The molecule has 1 unspecified atom stereocenters. The highest BCUT2D eigenvalue weighted by atomic mass is 32.2. The predicted molar refractivity (Wildman–Crippen MR) is 97.1 cm³/mol. The van der Waals surface area contributed by atoms with Crippen LogP contribution >= 0.6 is 0 Å². The Morgan fingerprint density at radius 2 is 2.20 bits per heavy atom. The molecule has 0 spiro atoms. The van der Waals surface area contributed by atoms with Crippen molar-refractivity contribution in [2.45, 2.75) is 32.9 Å². The zero-order valence-corrected chi connectivity index (χ0v) is 15.6. The monoisotopic (exact) mass is 364 g/mol. The van der Waals surface area contributed by atoms with Gasteiger partial charge in [-0.3, -0.25) is 0 Å². The fourth-order valence-electron chi connectivity index (χ4n) is 3.34. The van der Waals surface area contributed by atoms with Gasteiger partial charge in [0.1, 0.15) is 5.82 Å². The first-order valence-corrected chi connectivity index (χ1v) is 10.3. The summed E-state index contributed by atoms with van der Waals surface area (Å²) in [6.07, 6.45) is 0.517. The average molecular weight is 364 g/mol.